The largest absolute Gasteiger partial charge is 0.460 e. The molecule has 0 saturated heterocycles. The quantitative estimate of drug-likeness (QED) is 0.746. The Balaban J connectivity index is 2.43. The van der Waals surface area contributed by atoms with Gasteiger partial charge in [-0.1, -0.05) is 23.7 Å². The number of hydrogen-bond donors (Lipinski definition) is 2. The Bertz CT molecular complexity index is 326. The molecule has 5 heteroatoms. The molecule has 1 aromatic rings. The van der Waals surface area contributed by atoms with Crippen molar-refractivity contribution in [1.29, 1.82) is 0 Å². The van der Waals surface area contributed by atoms with Gasteiger partial charge < -0.3 is 15.6 Å². The summed E-state index contributed by atoms with van der Waals surface area (Å²) in [7, 11) is 0. The molecule has 0 aliphatic rings. The maximum Gasteiger partial charge on any atom is 0.325 e. The molecule has 15 heavy (non-hydrogen) atoms. The molecule has 0 fully saturated rings. The van der Waals surface area contributed by atoms with Gasteiger partial charge in [0.1, 0.15) is 12.6 Å². The second-order valence-electron chi connectivity index (χ2n) is 3.02. The van der Waals surface area contributed by atoms with Gasteiger partial charge in [0.25, 0.3) is 0 Å². The van der Waals surface area contributed by atoms with Gasteiger partial charge in [-0.05, 0) is 17.7 Å². The molecule has 1 atom stereocenters. The number of ether oxygens (including phenoxy) is 1. The summed E-state index contributed by atoms with van der Waals surface area (Å²) >= 11 is 5.69. The fourth-order valence-corrected chi connectivity index (χ4v) is 1.04. The zero-order valence-electron chi connectivity index (χ0n) is 8.02. The van der Waals surface area contributed by atoms with Crippen molar-refractivity contribution in [3.05, 3.63) is 34.9 Å². The van der Waals surface area contributed by atoms with E-state index in [-0.39, 0.29) is 6.61 Å². The van der Waals surface area contributed by atoms with Crippen LogP contribution in [0.2, 0.25) is 5.02 Å². The Morgan fingerprint density at radius 1 is 1.47 bits per heavy atom. The maximum absolute atomic E-state index is 11.1. The Morgan fingerprint density at radius 2 is 2.07 bits per heavy atom. The number of halogens is 1. The minimum absolute atomic E-state index is 0.129. The van der Waals surface area contributed by atoms with Gasteiger partial charge in [0, 0.05) is 5.02 Å². The first kappa shape index (κ1) is 12.0. The fourth-order valence-electron chi connectivity index (χ4n) is 0.917. The molecule has 0 radical (unpaired) electrons. The SMILES string of the molecule is NC(CO)C(=O)OCc1ccc(Cl)cc1. The molecule has 1 aromatic carbocycles. The normalized spacial score (nSPS) is 12.2. The lowest BCUT2D eigenvalue weighted by molar-refractivity contribution is -0.147. The van der Waals surface area contributed by atoms with Crippen LogP contribution in [0.25, 0.3) is 0 Å². The van der Waals surface area contributed by atoms with Crippen molar-refractivity contribution in [2.24, 2.45) is 5.73 Å². The lowest BCUT2D eigenvalue weighted by Crippen LogP contribution is -2.35. The van der Waals surface area contributed by atoms with E-state index in [2.05, 4.69) is 0 Å². The van der Waals surface area contributed by atoms with Crippen molar-refractivity contribution in [3.8, 4) is 0 Å². The first-order valence-corrected chi connectivity index (χ1v) is 4.79. The Kier molecular flexibility index (Phi) is 4.55. The van der Waals surface area contributed by atoms with Crippen molar-refractivity contribution in [2.45, 2.75) is 12.6 Å². The average molecular weight is 230 g/mol. The zero-order valence-corrected chi connectivity index (χ0v) is 8.78. The highest BCUT2D eigenvalue weighted by molar-refractivity contribution is 6.30. The first-order chi connectivity index (χ1) is 7.13. The molecular formula is C10H12ClNO3. The van der Waals surface area contributed by atoms with E-state index < -0.39 is 18.6 Å². The van der Waals surface area contributed by atoms with Crippen molar-refractivity contribution in [2.75, 3.05) is 6.61 Å². The first-order valence-electron chi connectivity index (χ1n) is 4.41. The Morgan fingerprint density at radius 3 is 2.60 bits per heavy atom. The number of nitrogens with two attached hydrogens (primary N) is 1. The number of rotatable bonds is 4. The molecule has 4 nitrogen and oxygen atoms in total. The van der Waals surface area contributed by atoms with E-state index in [1.807, 2.05) is 0 Å². The Hall–Kier alpha value is -1.10. The summed E-state index contributed by atoms with van der Waals surface area (Å²) in [4.78, 5) is 11.1. The molecular weight excluding hydrogens is 218 g/mol. The van der Waals surface area contributed by atoms with E-state index in [0.29, 0.717) is 5.02 Å². The summed E-state index contributed by atoms with van der Waals surface area (Å²) in [6.07, 6.45) is 0. The van der Waals surface area contributed by atoms with Crippen LogP contribution in [-0.2, 0) is 16.1 Å². The molecule has 1 rings (SSSR count). The molecule has 0 aromatic heterocycles. The summed E-state index contributed by atoms with van der Waals surface area (Å²) < 4.78 is 4.85. The van der Waals surface area contributed by atoms with E-state index in [1.54, 1.807) is 24.3 Å². The third-order valence-electron chi connectivity index (χ3n) is 1.79. The summed E-state index contributed by atoms with van der Waals surface area (Å²) in [5.74, 6) is -0.618. The van der Waals surface area contributed by atoms with Gasteiger partial charge in [-0.25, -0.2) is 0 Å². The summed E-state index contributed by atoms with van der Waals surface area (Å²) in [6.45, 7) is -0.289. The number of esters is 1. The maximum atomic E-state index is 11.1. The molecule has 0 saturated carbocycles. The van der Waals surface area contributed by atoms with Gasteiger partial charge in [0.05, 0.1) is 6.61 Å². The van der Waals surface area contributed by atoms with E-state index in [0.717, 1.165) is 5.56 Å². The van der Waals surface area contributed by atoms with Crippen LogP contribution in [0.5, 0.6) is 0 Å². The third-order valence-corrected chi connectivity index (χ3v) is 2.05. The highest BCUT2D eigenvalue weighted by Gasteiger charge is 2.13. The van der Waals surface area contributed by atoms with Crippen LogP contribution in [0, 0.1) is 0 Å². The number of aliphatic hydroxyl groups excluding tert-OH is 1. The molecule has 0 heterocycles. The smallest absolute Gasteiger partial charge is 0.325 e. The van der Waals surface area contributed by atoms with Gasteiger partial charge in [0.2, 0.25) is 0 Å². The van der Waals surface area contributed by atoms with E-state index in [4.69, 9.17) is 27.2 Å². The highest BCUT2D eigenvalue weighted by Crippen LogP contribution is 2.10. The van der Waals surface area contributed by atoms with Gasteiger partial charge in [-0.3, -0.25) is 4.79 Å². The molecule has 0 amide bonds. The molecule has 0 aliphatic heterocycles. The lowest BCUT2D eigenvalue weighted by atomic mass is 10.2. The van der Waals surface area contributed by atoms with E-state index in [1.165, 1.54) is 0 Å². The van der Waals surface area contributed by atoms with Crippen LogP contribution in [-0.4, -0.2) is 23.7 Å². The summed E-state index contributed by atoms with van der Waals surface area (Å²) in [5.41, 5.74) is 6.08. The summed E-state index contributed by atoms with van der Waals surface area (Å²) in [6, 6.07) is 5.94. The molecule has 0 spiro atoms. The number of hydrogen-bond acceptors (Lipinski definition) is 4. The third kappa shape index (κ3) is 3.87. The minimum Gasteiger partial charge on any atom is -0.460 e. The van der Waals surface area contributed by atoms with Gasteiger partial charge in [-0.15, -0.1) is 0 Å². The number of carbonyl (C=O) groups is 1. The van der Waals surface area contributed by atoms with Crippen LogP contribution in [0.1, 0.15) is 5.56 Å². The van der Waals surface area contributed by atoms with Gasteiger partial charge in [-0.2, -0.15) is 0 Å². The van der Waals surface area contributed by atoms with Crippen molar-refractivity contribution >= 4 is 17.6 Å². The van der Waals surface area contributed by atoms with Crippen molar-refractivity contribution in [3.63, 3.8) is 0 Å². The number of carbonyl (C=O) groups excluding carboxylic acids is 1. The zero-order chi connectivity index (χ0) is 11.3. The summed E-state index contributed by atoms with van der Waals surface area (Å²) in [5, 5.41) is 9.22. The fraction of sp³-hybridized carbons (Fsp3) is 0.300. The van der Waals surface area contributed by atoms with Gasteiger partial charge in [0.15, 0.2) is 0 Å². The minimum atomic E-state index is -0.975. The molecule has 0 bridgehead atoms. The predicted molar refractivity (Wildman–Crippen MR) is 56.3 cm³/mol. The van der Waals surface area contributed by atoms with Crippen LogP contribution >= 0.6 is 11.6 Å². The average Bonchev–Trinajstić information content (AvgIpc) is 2.26. The molecule has 3 N–H and O–H groups in total. The standard InChI is InChI=1S/C10H12ClNO3/c11-8-3-1-7(2-4-8)6-15-10(14)9(12)5-13/h1-4,9,13H,5-6,12H2. The highest BCUT2D eigenvalue weighted by atomic mass is 35.5. The van der Waals surface area contributed by atoms with Crippen molar-refractivity contribution in [1.82, 2.24) is 0 Å². The van der Waals surface area contributed by atoms with Crippen molar-refractivity contribution < 1.29 is 14.6 Å². The Labute approximate surface area is 92.6 Å². The van der Waals surface area contributed by atoms with Crippen LogP contribution < -0.4 is 5.73 Å². The van der Waals surface area contributed by atoms with E-state index >= 15 is 0 Å². The van der Waals surface area contributed by atoms with Crippen LogP contribution in [0.4, 0.5) is 0 Å². The van der Waals surface area contributed by atoms with E-state index in [9.17, 15) is 4.79 Å². The van der Waals surface area contributed by atoms with Crippen LogP contribution in [0.3, 0.4) is 0 Å². The van der Waals surface area contributed by atoms with Gasteiger partial charge >= 0.3 is 5.97 Å². The molecule has 82 valence electrons. The second-order valence-corrected chi connectivity index (χ2v) is 3.46. The topological polar surface area (TPSA) is 72.5 Å². The number of aliphatic hydroxyl groups is 1. The lowest BCUT2D eigenvalue weighted by Gasteiger charge is -2.08. The molecule has 0 aliphatic carbocycles. The molecule has 1 unspecified atom stereocenters. The van der Waals surface area contributed by atoms with Crippen LogP contribution in [0.15, 0.2) is 24.3 Å². The monoisotopic (exact) mass is 229 g/mol. The second kappa shape index (κ2) is 5.70. The number of benzene rings is 1. The predicted octanol–water partition coefficient (Wildman–Crippen LogP) is 0.703.